The number of hydrogen-bond donors (Lipinski definition) is 0. The van der Waals surface area contributed by atoms with Gasteiger partial charge in [-0.15, -0.1) is 0 Å². The summed E-state index contributed by atoms with van der Waals surface area (Å²) < 4.78 is 6.13. The predicted molar refractivity (Wildman–Crippen MR) is 54.8 cm³/mol. The summed E-state index contributed by atoms with van der Waals surface area (Å²) >= 11 is 0. The standard InChI is InChI=1S/C12H22O.Y/c1-3-7-11(8-4-1)13-12-9-5-2-6-10-12;/h11-12H,1-10H2;. The van der Waals surface area contributed by atoms with Gasteiger partial charge in [0.15, 0.2) is 0 Å². The molecule has 0 bridgehead atoms. The Bertz CT molecular complexity index is 121. The minimum absolute atomic E-state index is 0. The van der Waals surface area contributed by atoms with Gasteiger partial charge in [-0.3, -0.25) is 0 Å². The molecule has 2 heteroatoms. The van der Waals surface area contributed by atoms with Crippen LogP contribution in [0.15, 0.2) is 0 Å². The molecule has 2 aliphatic rings. The molecule has 79 valence electrons. The topological polar surface area (TPSA) is 9.23 Å². The summed E-state index contributed by atoms with van der Waals surface area (Å²) in [5, 5.41) is 0. The van der Waals surface area contributed by atoms with Gasteiger partial charge in [0, 0.05) is 32.7 Å². The summed E-state index contributed by atoms with van der Waals surface area (Å²) in [6.45, 7) is 0. The van der Waals surface area contributed by atoms with Gasteiger partial charge in [-0.2, -0.15) is 0 Å². The second-order valence-corrected chi connectivity index (χ2v) is 4.66. The van der Waals surface area contributed by atoms with Gasteiger partial charge in [-0.05, 0) is 25.7 Å². The van der Waals surface area contributed by atoms with Crippen LogP contribution < -0.4 is 0 Å². The molecule has 2 aliphatic carbocycles. The van der Waals surface area contributed by atoms with Gasteiger partial charge in [0.05, 0.1) is 12.2 Å². The van der Waals surface area contributed by atoms with Crippen molar-refractivity contribution >= 4 is 0 Å². The first-order valence-corrected chi connectivity index (χ1v) is 6.10. The third-order valence-corrected chi connectivity index (χ3v) is 3.49. The molecule has 0 heterocycles. The number of ether oxygens (including phenoxy) is 1. The summed E-state index contributed by atoms with van der Waals surface area (Å²) in [5.41, 5.74) is 0. The van der Waals surface area contributed by atoms with Crippen molar-refractivity contribution in [3.8, 4) is 0 Å². The molecule has 2 rings (SSSR count). The normalized spacial score (nSPS) is 25.7. The third kappa shape index (κ3) is 4.29. The van der Waals surface area contributed by atoms with Crippen LogP contribution >= 0.6 is 0 Å². The van der Waals surface area contributed by atoms with Crippen molar-refractivity contribution in [1.82, 2.24) is 0 Å². The van der Waals surface area contributed by atoms with Gasteiger partial charge in [-0.1, -0.05) is 38.5 Å². The molecule has 1 nitrogen and oxygen atoms in total. The summed E-state index contributed by atoms with van der Waals surface area (Å²) in [6, 6.07) is 0. The Morgan fingerprint density at radius 1 is 0.571 bits per heavy atom. The van der Waals surface area contributed by atoms with Crippen LogP contribution in [0.25, 0.3) is 0 Å². The first-order valence-electron chi connectivity index (χ1n) is 6.10. The number of hydrogen-bond acceptors (Lipinski definition) is 1. The van der Waals surface area contributed by atoms with E-state index in [1.807, 2.05) is 0 Å². The molecule has 0 saturated heterocycles. The van der Waals surface area contributed by atoms with Crippen LogP contribution in [-0.4, -0.2) is 12.2 Å². The molecular weight excluding hydrogens is 249 g/mol. The van der Waals surface area contributed by atoms with Crippen molar-refractivity contribution in [2.45, 2.75) is 76.4 Å². The van der Waals surface area contributed by atoms with Crippen molar-refractivity contribution in [3.63, 3.8) is 0 Å². The maximum Gasteiger partial charge on any atom is 0.0578 e. The average molecular weight is 271 g/mol. The van der Waals surface area contributed by atoms with Crippen LogP contribution in [0.1, 0.15) is 64.2 Å². The summed E-state index contributed by atoms with van der Waals surface area (Å²) in [6.07, 6.45) is 15.0. The molecule has 2 fully saturated rings. The van der Waals surface area contributed by atoms with Crippen LogP contribution in [-0.2, 0) is 37.4 Å². The molecule has 1 radical (unpaired) electrons. The monoisotopic (exact) mass is 271 g/mol. The van der Waals surface area contributed by atoms with Crippen molar-refractivity contribution in [2.24, 2.45) is 0 Å². The van der Waals surface area contributed by atoms with Crippen LogP contribution in [0, 0.1) is 0 Å². The Morgan fingerprint density at radius 3 is 1.29 bits per heavy atom. The molecule has 2 saturated carbocycles. The smallest absolute Gasteiger partial charge is 0.0578 e. The molecule has 0 N–H and O–H groups in total. The van der Waals surface area contributed by atoms with Gasteiger partial charge in [-0.25, -0.2) is 0 Å². The summed E-state index contributed by atoms with van der Waals surface area (Å²) in [5.74, 6) is 0. The average Bonchev–Trinajstić information content (AvgIpc) is 2.21. The van der Waals surface area contributed by atoms with Crippen LogP contribution in [0.3, 0.4) is 0 Å². The Hall–Kier alpha value is 1.06. The molecule has 0 unspecified atom stereocenters. The quantitative estimate of drug-likeness (QED) is 0.744. The second kappa shape index (κ2) is 7.36. The maximum atomic E-state index is 6.13. The molecule has 0 aliphatic heterocycles. The molecule has 0 aromatic carbocycles. The molecule has 0 spiro atoms. The van der Waals surface area contributed by atoms with Crippen LogP contribution in [0.2, 0.25) is 0 Å². The van der Waals surface area contributed by atoms with E-state index in [1.54, 1.807) is 0 Å². The van der Waals surface area contributed by atoms with E-state index in [4.69, 9.17) is 4.74 Å². The zero-order valence-electron chi connectivity index (χ0n) is 9.21. The van der Waals surface area contributed by atoms with Crippen molar-refractivity contribution in [2.75, 3.05) is 0 Å². The Labute approximate surface area is 113 Å². The Morgan fingerprint density at radius 2 is 0.929 bits per heavy atom. The van der Waals surface area contributed by atoms with E-state index in [-0.39, 0.29) is 32.7 Å². The second-order valence-electron chi connectivity index (χ2n) is 4.66. The van der Waals surface area contributed by atoms with Gasteiger partial charge in [0.1, 0.15) is 0 Å². The van der Waals surface area contributed by atoms with E-state index in [9.17, 15) is 0 Å². The van der Waals surface area contributed by atoms with Gasteiger partial charge in [0.2, 0.25) is 0 Å². The molecule has 14 heavy (non-hydrogen) atoms. The molecule has 0 aromatic rings. The van der Waals surface area contributed by atoms with Crippen molar-refractivity contribution in [1.29, 1.82) is 0 Å². The zero-order chi connectivity index (χ0) is 8.93. The summed E-state index contributed by atoms with van der Waals surface area (Å²) in [4.78, 5) is 0. The van der Waals surface area contributed by atoms with E-state index in [0.717, 1.165) is 0 Å². The first kappa shape index (κ1) is 13.1. The van der Waals surface area contributed by atoms with Crippen LogP contribution in [0.4, 0.5) is 0 Å². The fourth-order valence-electron chi connectivity index (χ4n) is 2.67. The maximum absolute atomic E-state index is 6.13. The zero-order valence-corrected chi connectivity index (χ0v) is 12.0. The van der Waals surface area contributed by atoms with E-state index < -0.39 is 0 Å². The molecule has 0 atom stereocenters. The van der Waals surface area contributed by atoms with Crippen molar-refractivity contribution < 1.29 is 37.4 Å². The molecular formula is C12H22OY. The fourth-order valence-corrected chi connectivity index (χ4v) is 2.67. The minimum Gasteiger partial charge on any atom is -0.375 e. The summed E-state index contributed by atoms with van der Waals surface area (Å²) in [7, 11) is 0. The van der Waals surface area contributed by atoms with Crippen LogP contribution in [0.5, 0.6) is 0 Å². The van der Waals surface area contributed by atoms with Gasteiger partial charge < -0.3 is 4.74 Å². The molecule has 0 amide bonds. The van der Waals surface area contributed by atoms with Gasteiger partial charge >= 0.3 is 0 Å². The van der Waals surface area contributed by atoms with E-state index >= 15 is 0 Å². The fraction of sp³-hybridized carbons (Fsp3) is 1.00. The van der Waals surface area contributed by atoms with Gasteiger partial charge in [0.25, 0.3) is 0 Å². The van der Waals surface area contributed by atoms with Crippen molar-refractivity contribution in [3.05, 3.63) is 0 Å². The Kier molecular flexibility index (Phi) is 6.90. The Balaban J connectivity index is 0.000000980. The molecule has 0 aromatic heterocycles. The number of rotatable bonds is 2. The van der Waals surface area contributed by atoms with E-state index in [2.05, 4.69) is 0 Å². The first-order chi connectivity index (χ1) is 6.45. The third-order valence-electron chi connectivity index (χ3n) is 3.49. The SMILES string of the molecule is C1CCC(OC2CCCCC2)CC1.[Y]. The minimum atomic E-state index is 0. The van der Waals surface area contributed by atoms with E-state index in [1.165, 1.54) is 64.2 Å². The van der Waals surface area contributed by atoms with E-state index in [0.29, 0.717) is 12.2 Å². The largest absolute Gasteiger partial charge is 0.375 e. The predicted octanol–water partition coefficient (Wildman–Crippen LogP) is 3.67.